The second-order valence-electron chi connectivity index (χ2n) is 10.7. The zero-order valence-electron chi connectivity index (χ0n) is 23.6. The van der Waals surface area contributed by atoms with Gasteiger partial charge in [0.05, 0.1) is 22.9 Å². The maximum absolute atomic E-state index is 6.43. The largest absolute Gasteiger partial charge is 0.457 e. The first kappa shape index (κ1) is 24.9. The summed E-state index contributed by atoms with van der Waals surface area (Å²) in [6.07, 6.45) is 5.89. The van der Waals surface area contributed by atoms with E-state index < -0.39 is 0 Å². The number of benzene rings is 4. The molecule has 200 valence electrons. The minimum Gasteiger partial charge on any atom is -0.457 e. The summed E-state index contributed by atoms with van der Waals surface area (Å²) in [4.78, 5) is 4.69. The maximum Gasteiger partial charge on any atom is 0.137 e. The zero-order chi connectivity index (χ0) is 28.1. The Morgan fingerprint density at radius 2 is 1.49 bits per heavy atom. The van der Waals surface area contributed by atoms with Gasteiger partial charge in [-0.05, 0) is 98.0 Å². The lowest BCUT2D eigenvalue weighted by Gasteiger charge is -2.11. The van der Waals surface area contributed by atoms with Crippen LogP contribution in [0.5, 0.6) is 11.5 Å². The molecule has 0 amide bonds. The molecule has 0 fully saturated rings. The highest BCUT2D eigenvalue weighted by Crippen LogP contribution is 2.35. The molecule has 3 aromatic heterocycles. The zero-order valence-corrected chi connectivity index (χ0v) is 23.6. The van der Waals surface area contributed by atoms with Crippen molar-refractivity contribution < 1.29 is 4.74 Å². The summed E-state index contributed by atoms with van der Waals surface area (Å²) < 4.78 is 10.6. The highest BCUT2D eigenvalue weighted by atomic mass is 16.5. The summed E-state index contributed by atoms with van der Waals surface area (Å²) in [5, 5.41) is 7.04. The fourth-order valence-corrected chi connectivity index (χ4v) is 5.72. The number of hydrogen-bond donors (Lipinski definition) is 0. The van der Waals surface area contributed by atoms with Gasteiger partial charge in [0.2, 0.25) is 0 Å². The quantitative estimate of drug-likeness (QED) is 0.221. The SMILES string of the molecule is Cc1ccnc(-n2c3ccccc3c3ccc(Oc4cccc(-n5cc(-c6c(C)ccc(C)c6C)cn5)c4)cc32)c1. The minimum atomic E-state index is 0.748. The molecule has 0 aliphatic carbocycles. The number of hydrogen-bond acceptors (Lipinski definition) is 3. The molecule has 41 heavy (non-hydrogen) atoms. The number of ether oxygens (including phenoxy) is 1. The Labute approximate surface area is 239 Å². The van der Waals surface area contributed by atoms with E-state index in [1.807, 2.05) is 53.5 Å². The molecule has 7 rings (SSSR count). The first-order valence-electron chi connectivity index (χ1n) is 13.8. The number of pyridine rings is 1. The van der Waals surface area contributed by atoms with Crippen LogP contribution in [0.1, 0.15) is 22.3 Å². The van der Waals surface area contributed by atoms with Crippen molar-refractivity contribution in [3.05, 3.63) is 132 Å². The smallest absolute Gasteiger partial charge is 0.137 e. The van der Waals surface area contributed by atoms with Gasteiger partial charge in [-0.3, -0.25) is 4.57 Å². The number of aromatic nitrogens is 4. The summed E-state index contributed by atoms with van der Waals surface area (Å²) in [6.45, 7) is 8.57. The van der Waals surface area contributed by atoms with Crippen LogP contribution in [0.2, 0.25) is 0 Å². The van der Waals surface area contributed by atoms with Gasteiger partial charge >= 0.3 is 0 Å². The van der Waals surface area contributed by atoms with E-state index in [0.29, 0.717) is 0 Å². The van der Waals surface area contributed by atoms with Crippen molar-refractivity contribution in [2.24, 2.45) is 0 Å². The first-order valence-corrected chi connectivity index (χ1v) is 13.8. The van der Waals surface area contributed by atoms with Gasteiger partial charge in [0.15, 0.2) is 0 Å². The van der Waals surface area contributed by atoms with E-state index in [2.05, 4.69) is 93.1 Å². The molecule has 0 saturated carbocycles. The molecule has 7 aromatic rings. The van der Waals surface area contributed by atoms with Crippen molar-refractivity contribution in [3.8, 4) is 34.1 Å². The van der Waals surface area contributed by atoms with E-state index in [1.165, 1.54) is 33.2 Å². The number of para-hydroxylation sites is 1. The predicted octanol–water partition coefficient (Wildman–Crippen LogP) is 9.06. The second kappa shape index (κ2) is 9.79. The van der Waals surface area contributed by atoms with Crippen LogP contribution >= 0.6 is 0 Å². The van der Waals surface area contributed by atoms with Gasteiger partial charge in [0.25, 0.3) is 0 Å². The van der Waals surface area contributed by atoms with E-state index in [0.717, 1.165) is 45.0 Å². The van der Waals surface area contributed by atoms with Gasteiger partial charge in [-0.2, -0.15) is 5.10 Å². The molecule has 5 heteroatoms. The molecular formula is C36H30N4O. The van der Waals surface area contributed by atoms with Gasteiger partial charge in [-0.15, -0.1) is 0 Å². The van der Waals surface area contributed by atoms with Crippen LogP contribution in [0.3, 0.4) is 0 Å². The molecule has 0 bridgehead atoms. The summed E-state index contributed by atoms with van der Waals surface area (Å²) in [5.41, 5.74) is 10.5. The minimum absolute atomic E-state index is 0.748. The number of nitrogens with zero attached hydrogens (tertiary/aromatic N) is 4. The molecule has 3 heterocycles. The van der Waals surface area contributed by atoms with Crippen molar-refractivity contribution in [2.75, 3.05) is 0 Å². The standard InChI is InChI=1S/C36H30N4O/c1-23-16-17-37-35(18-23)40-33-11-6-5-10-31(33)32-15-14-30(20-34(32)40)41-29-9-7-8-28(19-29)39-22-27(21-38-39)36-25(3)13-12-24(2)26(36)4/h5-22H,1-4H3. The Hall–Kier alpha value is -5.16. The van der Waals surface area contributed by atoms with Gasteiger partial charge in [0.1, 0.15) is 17.3 Å². The molecule has 0 aliphatic rings. The Morgan fingerprint density at radius 3 is 2.37 bits per heavy atom. The normalized spacial score (nSPS) is 11.4. The van der Waals surface area contributed by atoms with Crippen LogP contribution in [-0.4, -0.2) is 19.3 Å². The lowest BCUT2D eigenvalue weighted by molar-refractivity contribution is 0.483. The topological polar surface area (TPSA) is 44.9 Å². The van der Waals surface area contributed by atoms with Crippen LogP contribution < -0.4 is 4.74 Å². The Morgan fingerprint density at radius 1 is 0.683 bits per heavy atom. The average Bonchev–Trinajstić information content (AvgIpc) is 3.58. The molecule has 5 nitrogen and oxygen atoms in total. The predicted molar refractivity (Wildman–Crippen MR) is 167 cm³/mol. The molecule has 0 saturated heterocycles. The van der Waals surface area contributed by atoms with Crippen molar-refractivity contribution >= 4 is 21.8 Å². The van der Waals surface area contributed by atoms with Crippen LogP contribution in [0.15, 0.2) is 110 Å². The molecule has 0 spiro atoms. The highest BCUT2D eigenvalue weighted by Gasteiger charge is 2.15. The monoisotopic (exact) mass is 534 g/mol. The molecule has 0 aliphatic heterocycles. The lowest BCUT2D eigenvalue weighted by Crippen LogP contribution is -1.97. The average molecular weight is 535 g/mol. The summed E-state index contributed by atoms with van der Waals surface area (Å²) in [7, 11) is 0. The van der Waals surface area contributed by atoms with Gasteiger partial charge in [0, 0.05) is 40.9 Å². The van der Waals surface area contributed by atoms with E-state index in [1.54, 1.807) is 0 Å². The molecule has 0 N–H and O–H groups in total. The van der Waals surface area contributed by atoms with Crippen molar-refractivity contribution in [2.45, 2.75) is 27.7 Å². The van der Waals surface area contributed by atoms with Crippen molar-refractivity contribution in [3.63, 3.8) is 0 Å². The maximum atomic E-state index is 6.43. The molecule has 0 radical (unpaired) electrons. The van der Waals surface area contributed by atoms with Crippen LogP contribution in [0.4, 0.5) is 0 Å². The molecule has 4 aromatic carbocycles. The van der Waals surface area contributed by atoms with Crippen molar-refractivity contribution in [1.82, 2.24) is 19.3 Å². The second-order valence-corrected chi connectivity index (χ2v) is 10.7. The van der Waals surface area contributed by atoms with Crippen molar-refractivity contribution in [1.29, 1.82) is 0 Å². The van der Waals surface area contributed by atoms with E-state index >= 15 is 0 Å². The van der Waals surface area contributed by atoms with E-state index in [4.69, 9.17) is 14.8 Å². The Bertz CT molecular complexity index is 2080. The lowest BCUT2D eigenvalue weighted by atomic mass is 9.95. The third-order valence-corrected chi connectivity index (χ3v) is 7.91. The molecule has 0 atom stereocenters. The van der Waals surface area contributed by atoms with Crippen LogP contribution in [0.25, 0.3) is 44.4 Å². The van der Waals surface area contributed by atoms with Crippen LogP contribution in [0, 0.1) is 27.7 Å². The Kier molecular flexibility index (Phi) is 5.93. The van der Waals surface area contributed by atoms with Crippen LogP contribution in [-0.2, 0) is 0 Å². The van der Waals surface area contributed by atoms with E-state index in [-0.39, 0.29) is 0 Å². The molecule has 0 unspecified atom stereocenters. The third-order valence-electron chi connectivity index (χ3n) is 7.91. The van der Waals surface area contributed by atoms with Gasteiger partial charge in [-0.25, -0.2) is 9.67 Å². The third kappa shape index (κ3) is 4.36. The Balaban J connectivity index is 1.25. The summed E-state index contributed by atoms with van der Waals surface area (Å²) >= 11 is 0. The first-order chi connectivity index (χ1) is 20.0. The fraction of sp³-hybridized carbons (Fsp3) is 0.111. The number of aryl methyl sites for hydroxylation is 3. The highest BCUT2D eigenvalue weighted by molar-refractivity contribution is 6.09. The van der Waals surface area contributed by atoms with Gasteiger partial charge < -0.3 is 4.74 Å². The summed E-state index contributed by atoms with van der Waals surface area (Å²) in [5.74, 6) is 2.40. The molecular weight excluding hydrogens is 504 g/mol. The van der Waals surface area contributed by atoms with Gasteiger partial charge in [-0.1, -0.05) is 36.4 Å². The van der Waals surface area contributed by atoms with E-state index in [9.17, 15) is 0 Å². The fourth-order valence-electron chi connectivity index (χ4n) is 5.72. The summed E-state index contributed by atoms with van der Waals surface area (Å²) in [6, 6.07) is 31.2. The number of fused-ring (bicyclic) bond motifs is 3. The number of rotatable bonds is 5.